The molecule has 1 atom stereocenters. The third kappa shape index (κ3) is 3.18. The number of nitrogens with two attached hydrogens (primary N) is 1. The molecule has 1 aliphatic carbocycles. The summed E-state index contributed by atoms with van der Waals surface area (Å²) in [6.07, 6.45) is 3.67. The van der Waals surface area contributed by atoms with Crippen LogP contribution in [0, 0.1) is 18.7 Å². The lowest BCUT2D eigenvalue weighted by atomic mass is 10.0. The van der Waals surface area contributed by atoms with Crippen LogP contribution in [0.2, 0.25) is 0 Å². The highest BCUT2D eigenvalue weighted by Gasteiger charge is 2.24. The Morgan fingerprint density at radius 1 is 1.47 bits per heavy atom. The van der Waals surface area contributed by atoms with E-state index >= 15 is 0 Å². The van der Waals surface area contributed by atoms with Gasteiger partial charge in [-0.3, -0.25) is 0 Å². The molecule has 0 amide bonds. The monoisotopic (exact) mass is 229 g/mol. The van der Waals surface area contributed by atoms with Crippen LogP contribution in [0.5, 0.6) is 0 Å². The summed E-state index contributed by atoms with van der Waals surface area (Å²) in [7, 11) is 0. The zero-order chi connectivity index (χ0) is 10.1. The van der Waals surface area contributed by atoms with Gasteiger partial charge in [-0.1, -0.05) is 25.0 Å². The zero-order valence-corrected chi connectivity index (χ0v) is 9.69. The summed E-state index contributed by atoms with van der Waals surface area (Å²) < 4.78 is 13.0. The molecule has 2 N–H and O–H groups in total. The van der Waals surface area contributed by atoms with Crippen molar-refractivity contribution in [1.29, 1.82) is 0 Å². The van der Waals surface area contributed by atoms with Gasteiger partial charge >= 0.3 is 0 Å². The molecule has 1 saturated carbocycles. The van der Waals surface area contributed by atoms with Crippen molar-refractivity contribution in [2.45, 2.75) is 32.2 Å². The van der Waals surface area contributed by atoms with Crippen molar-refractivity contribution in [2.75, 3.05) is 0 Å². The van der Waals surface area contributed by atoms with Gasteiger partial charge in [-0.05, 0) is 36.5 Å². The maximum atomic E-state index is 13.0. The minimum atomic E-state index is -0.146. The fourth-order valence-corrected chi connectivity index (χ4v) is 1.75. The smallest absolute Gasteiger partial charge is 0.126 e. The molecule has 0 unspecified atom stereocenters. The third-order valence-electron chi connectivity index (χ3n) is 2.89. The molecule has 15 heavy (non-hydrogen) atoms. The molecule has 0 radical (unpaired) electrons. The molecule has 0 aliphatic heterocycles. The third-order valence-corrected chi connectivity index (χ3v) is 2.89. The van der Waals surface area contributed by atoms with Gasteiger partial charge in [0.1, 0.15) is 5.82 Å². The van der Waals surface area contributed by atoms with E-state index in [0.717, 1.165) is 17.9 Å². The molecule has 1 nitrogen and oxygen atoms in total. The highest BCUT2D eigenvalue weighted by atomic mass is 35.5. The summed E-state index contributed by atoms with van der Waals surface area (Å²) in [6, 6.07) is 5.26. The summed E-state index contributed by atoms with van der Waals surface area (Å²) in [6.45, 7) is 1.78. The Morgan fingerprint density at radius 2 is 2.13 bits per heavy atom. The predicted molar refractivity (Wildman–Crippen MR) is 62.7 cm³/mol. The lowest BCUT2D eigenvalue weighted by Crippen LogP contribution is -2.11. The molecule has 3 heteroatoms. The Balaban J connectivity index is 0.00000112. The molecule has 1 aromatic carbocycles. The minimum absolute atomic E-state index is 0. The Morgan fingerprint density at radius 3 is 2.67 bits per heavy atom. The second-order valence-electron chi connectivity index (χ2n) is 4.29. The van der Waals surface area contributed by atoms with Gasteiger partial charge in [0, 0.05) is 6.04 Å². The van der Waals surface area contributed by atoms with E-state index in [2.05, 4.69) is 0 Å². The molecular weight excluding hydrogens is 213 g/mol. The summed E-state index contributed by atoms with van der Waals surface area (Å²) >= 11 is 0. The van der Waals surface area contributed by atoms with Crippen LogP contribution in [0.25, 0.3) is 0 Å². The molecule has 0 spiro atoms. The van der Waals surface area contributed by atoms with Crippen molar-refractivity contribution in [3.05, 3.63) is 35.1 Å². The van der Waals surface area contributed by atoms with Crippen molar-refractivity contribution in [1.82, 2.24) is 0 Å². The van der Waals surface area contributed by atoms with E-state index in [-0.39, 0.29) is 24.3 Å². The quantitative estimate of drug-likeness (QED) is 0.845. The first-order valence-electron chi connectivity index (χ1n) is 5.18. The van der Waals surface area contributed by atoms with Gasteiger partial charge in [-0.15, -0.1) is 12.4 Å². The molecular formula is C12H17ClFN. The SMILES string of the molecule is Cc1cc([C@H](N)CC2CC2)ccc1F.Cl. The van der Waals surface area contributed by atoms with Crippen LogP contribution in [0.3, 0.4) is 0 Å². The summed E-state index contributed by atoms with van der Waals surface area (Å²) in [4.78, 5) is 0. The number of aryl methyl sites for hydroxylation is 1. The summed E-state index contributed by atoms with van der Waals surface area (Å²) in [5, 5.41) is 0. The molecule has 0 bridgehead atoms. The van der Waals surface area contributed by atoms with E-state index < -0.39 is 0 Å². The van der Waals surface area contributed by atoms with Crippen molar-refractivity contribution >= 4 is 12.4 Å². The van der Waals surface area contributed by atoms with E-state index in [1.807, 2.05) is 6.07 Å². The maximum Gasteiger partial charge on any atom is 0.126 e. The number of hydrogen-bond acceptors (Lipinski definition) is 1. The zero-order valence-electron chi connectivity index (χ0n) is 8.87. The standard InChI is InChI=1S/C12H16FN.ClH/c1-8-6-10(4-5-11(8)13)12(14)7-9-2-3-9;/h4-6,9,12H,2-3,7,14H2,1H3;1H/t12-;/m1./s1. The molecule has 0 heterocycles. The van der Waals surface area contributed by atoms with Gasteiger partial charge in [0.2, 0.25) is 0 Å². The van der Waals surface area contributed by atoms with Gasteiger partial charge in [0.25, 0.3) is 0 Å². The summed E-state index contributed by atoms with van der Waals surface area (Å²) in [5.41, 5.74) is 7.79. The molecule has 1 fully saturated rings. The van der Waals surface area contributed by atoms with E-state index in [4.69, 9.17) is 5.73 Å². The van der Waals surface area contributed by atoms with Crippen molar-refractivity contribution < 1.29 is 4.39 Å². The molecule has 0 saturated heterocycles. The van der Waals surface area contributed by atoms with E-state index in [9.17, 15) is 4.39 Å². The number of benzene rings is 1. The highest BCUT2D eigenvalue weighted by Crippen LogP contribution is 2.36. The Labute approximate surface area is 96.3 Å². The second-order valence-corrected chi connectivity index (χ2v) is 4.29. The van der Waals surface area contributed by atoms with E-state index in [0.29, 0.717) is 5.56 Å². The van der Waals surface area contributed by atoms with Gasteiger partial charge in [-0.25, -0.2) is 4.39 Å². The molecule has 84 valence electrons. The normalized spacial score (nSPS) is 17.0. The topological polar surface area (TPSA) is 26.0 Å². The second kappa shape index (κ2) is 4.95. The van der Waals surface area contributed by atoms with E-state index in [1.54, 1.807) is 13.0 Å². The summed E-state index contributed by atoms with van der Waals surface area (Å²) in [5.74, 6) is 0.669. The van der Waals surface area contributed by atoms with E-state index in [1.165, 1.54) is 18.9 Å². The Hall–Kier alpha value is -0.600. The molecule has 0 aromatic heterocycles. The average molecular weight is 230 g/mol. The first kappa shape index (κ1) is 12.5. The van der Waals surface area contributed by atoms with Crippen LogP contribution < -0.4 is 5.73 Å². The Bertz CT molecular complexity index is 336. The van der Waals surface area contributed by atoms with Crippen LogP contribution in [0.4, 0.5) is 4.39 Å². The van der Waals surface area contributed by atoms with Gasteiger partial charge in [-0.2, -0.15) is 0 Å². The van der Waals surface area contributed by atoms with Gasteiger partial charge < -0.3 is 5.73 Å². The molecule has 1 aromatic rings. The van der Waals surface area contributed by atoms with Crippen LogP contribution in [0.1, 0.15) is 36.4 Å². The first-order valence-corrected chi connectivity index (χ1v) is 5.18. The fraction of sp³-hybridized carbons (Fsp3) is 0.500. The fourth-order valence-electron chi connectivity index (χ4n) is 1.75. The number of halogens is 2. The average Bonchev–Trinajstić information content (AvgIpc) is 2.93. The van der Waals surface area contributed by atoms with Crippen LogP contribution in [-0.4, -0.2) is 0 Å². The largest absolute Gasteiger partial charge is 0.324 e. The van der Waals surface area contributed by atoms with Crippen molar-refractivity contribution in [3.63, 3.8) is 0 Å². The number of rotatable bonds is 3. The first-order chi connectivity index (χ1) is 6.66. The number of hydrogen-bond donors (Lipinski definition) is 1. The molecule has 1 aliphatic rings. The van der Waals surface area contributed by atoms with Gasteiger partial charge in [0.05, 0.1) is 0 Å². The van der Waals surface area contributed by atoms with Gasteiger partial charge in [0.15, 0.2) is 0 Å². The van der Waals surface area contributed by atoms with Crippen molar-refractivity contribution in [2.24, 2.45) is 11.7 Å². The van der Waals surface area contributed by atoms with Crippen LogP contribution in [0.15, 0.2) is 18.2 Å². The maximum absolute atomic E-state index is 13.0. The molecule has 2 rings (SSSR count). The highest BCUT2D eigenvalue weighted by molar-refractivity contribution is 5.85. The Kier molecular flexibility index (Phi) is 4.12. The van der Waals surface area contributed by atoms with Crippen LogP contribution >= 0.6 is 12.4 Å². The van der Waals surface area contributed by atoms with Crippen molar-refractivity contribution in [3.8, 4) is 0 Å². The lowest BCUT2D eigenvalue weighted by molar-refractivity contribution is 0.588. The van der Waals surface area contributed by atoms with Crippen LogP contribution in [-0.2, 0) is 0 Å². The predicted octanol–water partition coefficient (Wildman–Crippen LogP) is 3.36. The lowest BCUT2D eigenvalue weighted by Gasteiger charge is -2.12. The minimum Gasteiger partial charge on any atom is -0.324 e.